The SMILES string of the molecule is CCN(CC)C1CCN(C(=O)NC[C@H]2CCCO2)CC1. The predicted octanol–water partition coefficient (Wildman–Crippen LogP) is 1.68. The Morgan fingerprint density at radius 1 is 1.25 bits per heavy atom. The Balaban J connectivity index is 1.68. The van der Waals surface area contributed by atoms with Gasteiger partial charge in [0.1, 0.15) is 0 Å². The van der Waals surface area contributed by atoms with Gasteiger partial charge in [0.05, 0.1) is 6.10 Å². The number of piperidine rings is 1. The summed E-state index contributed by atoms with van der Waals surface area (Å²) in [6.45, 7) is 9.88. The van der Waals surface area contributed by atoms with Crippen molar-refractivity contribution in [1.29, 1.82) is 0 Å². The zero-order valence-corrected chi connectivity index (χ0v) is 12.9. The van der Waals surface area contributed by atoms with Crippen LogP contribution in [0.1, 0.15) is 39.5 Å². The maximum Gasteiger partial charge on any atom is 0.317 e. The molecule has 0 aromatic heterocycles. The Bertz CT molecular complexity index is 293. The van der Waals surface area contributed by atoms with Gasteiger partial charge in [0.2, 0.25) is 0 Å². The van der Waals surface area contributed by atoms with E-state index < -0.39 is 0 Å². The maximum atomic E-state index is 12.1. The largest absolute Gasteiger partial charge is 0.376 e. The first kappa shape index (κ1) is 15.6. The van der Waals surface area contributed by atoms with Crippen molar-refractivity contribution >= 4 is 6.03 Å². The van der Waals surface area contributed by atoms with E-state index in [-0.39, 0.29) is 12.1 Å². The molecule has 2 aliphatic rings. The highest BCUT2D eigenvalue weighted by molar-refractivity contribution is 5.74. The minimum absolute atomic E-state index is 0.0819. The summed E-state index contributed by atoms with van der Waals surface area (Å²) in [7, 11) is 0. The first-order valence-electron chi connectivity index (χ1n) is 8.13. The number of amides is 2. The lowest BCUT2D eigenvalue weighted by Crippen LogP contribution is -2.50. The summed E-state index contributed by atoms with van der Waals surface area (Å²) < 4.78 is 5.53. The van der Waals surface area contributed by atoms with Gasteiger partial charge in [-0.3, -0.25) is 0 Å². The van der Waals surface area contributed by atoms with Crippen LogP contribution in [0.3, 0.4) is 0 Å². The Labute approximate surface area is 122 Å². The zero-order chi connectivity index (χ0) is 14.4. The van der Waals surface area contributed by atoms with Gasteiger partial charge < -0.3 is 19.9 Å². The van der Waals surface area contributed by atoms with Crippen LogP contribution in [0.25, 0.3) is 0 Å². The molecule has 5 nitrogen and oxygen atoms in total. The van der Waals surface area contributed by atoms with Crippen molar-refractivity contribution in [3.05, 3.63) is 0 Å². The monoisotopic (exact) mass is 283 g/mol. The molecule has 1 atom stereocenters. The van der Waals surface area contributed by atoms with Gasteiger partial charge in [-0.25, -0.2) is 4.79 Å². The normalized spacial score (nSPS) is 24.4. The number of nitrogens with zero attached hydrogens (tertiary/aromatic N) is 2. The van der Waals surface area contributed by atoms with E-state index in [1.54, 1.807) is 0 Å². The zero-order valence-electron chi connectivity index (χ0n) is 12.9. The molecule has 0 bridgehead atoms. The van der Waals surface area contributed by atoms with E-state index in [1.807, 2.05) is 4.90 Å². The molecule has 1 N–H and O–H groups in total. The molecule has 116 valence electrons. The van der Waals surface area contributed by atoms with Crippen LogP contribution in [-0.4, -0.2) is 67.3 Å². The molecule has 2 saturated heterocycles. The summed E-state index contributed by atoms with van der Waals surface area (Å²) in [6, 6.07) is 0.728. The fourth-order valence-electron chi connectivity index (χ4n) is 3.29. The third-order valence-electron chi connectivity index (χ3n) is 4.59. The summed E-state index contributed by atoms with van der Waals surface area (Å²) in [4.78, 5) is 16.6. The van der Waals surface area contributed by atoms with Crippen molar-refractivity contribution in [2.45, 2.75) is 51.7 Å². The van der Waals surface area contributed by atoms with Crippen molar-refractivity contribution < 1.29 is 9.53 Å². The average molecular weight is 283 g/mol. The highest BCUT2D eigenvalue weighted by Crippen LogP contribution is 2.16. The Morgan fingerprint density at radius 3 is 2.50 bits per heavy atom. The van der Waals surface area contributed by atoms with Gasteiger partial charge >= 0.3 is 6.03 Å². The topological polar surface area (TPSA) is 44.8 Å². The third kappa shape index (κ3) is 4.09. The molecular formula is C15H29N3O2. The van der Waals surface area contributed by atoms with Crippen molar-refractivity contribution in [1.82, 2.24) is 15.1 Å². The lowest BCUT2D eigenvalue weighted by atomic mass is 10.0. The summed E-state index contributed by atoms with van der Waals surface area (Å²) in [5.41, 5.74) is 0. The molecule has 2 fully saturated rings. The summed E-state index contributed by atoms with van der Waals surface area (Å²) in [5, 5.41) is 3.01. The molecule has 0 spiro atoms. The minimum atomic E-state index is 0.0819. The molecule has 0 aliphatic carbocycles. The number of hydrogen-bond acceptors (Lipinski definition) is 3. The first-order valence-corrected chi connectivity index (χ1v) is 8.13. The van der Waals surface area contributed by atoms with Gasteiger partial charge in [-0.15, -0.1) is 0 Å². The van der Waals surface area contributed by atoms with Crippen LogP contribution in [0.5, 0.6) is 0 Å². The van der Waals surface area contributed by atoms with Crippen molar-refractivity contribution in [2.24, 2.45) is 0 Å². The van der Waals surface area contributed by atoms with Gasteiger partial charge in [0.25, 0.3) is 0 Å². The standard InChI is InChI=1S/C15H29N3O2/c1-3-17(4-2)13-7-9-18(10-8-13)15(19)16-12-14-6-5-11-20-14/h13-14H,3-12H2,1-2H3,(H,16,19)/t14-/m1/s1. The van der Waals surface area contributed by atoms with Gasteiger partial charge in [-0.1, -0.05) is 13.8 Å². The lowest BCUT2D eigenvalue weighted by Gasteiger charge is -2.37. The van der Waals surface area contributed by atoms with Crippen LogP contribution in [0.4, 0.5) is 4.79 Å². The second kappa shape index (κ2) is 7.84. The molecule has 20 heavy (non-hydrogen) atoms. The van der Waals surface area contributed by atoms with Gasteiger partial charge in [0, 0.05) is 32.3 Å². The Hall–Kier alpha value is -0.810. The number of urea groups is 1. The summed E-state index contributed by atoms with van der Waals surface area (Å²) >= 11 is 0. The van der Waals surface area contributed by atoms with Gasteiger partial charge in [-0.2, -0.15) is 0 Å². The maximum absolute atomic E-state index is 12.1. The summed E-state index contributed by atoms with van der Waals surface area (Å²) in [6.07, 6.45) is 4.61. The number of hydrogen-bond donors (Lipinski definition) is 1. The molecule has 0 radical (unpaired) electrons. The van der Waals surface area contributed by atoms with Gasteiger partial charge in [0.15, 0.2) is 0 Å². The fraction of sp³-hybridized carbons (Fsp3) is 0.933. The molecule has 0 aromatic rings. The lowest BCUT2D eigenvalue weighted by molar-refractivity contribution is 0.103. The second-order valence-electron chi connectivity index (χ2n) is 5.76. The van der Waals surface area contributed by atoms with Crippen LogP contribution >= 0.6 is 0 Å². The molecule has 2 heterocycles. The van der Waals surface area contributed by atoms with Crippen molar-refractivity contribution in [2.75, 3.05) is 39.3 Å². The molecule has 0 saturated carbocycles. The Kier molecular flexibility index (Phi) is 6.10. The van der Waals surface area contributed by atoms with Crippen LogP contribution in [0, 0.1) is 0 Å². The van der Waals surface area contributed by atoms with E-state index in [9.17, 15) is 4.79 Å². The molecule has 0 unspecified atom stereocenters. The quantitative estimate of drug-likeness (QED) is 0.835. The van der Waals surface area contributed by atoms with Crippen LogP contribution in [-0.2, 0) is 4.74 Å². The number of nitrogens with one attached hydrogen (secondary N) is 1. The third-order valence-corrected chi connectivity index (χ3v) is 4.59. The predicted molar refractivity (Wildman–Crippen MR) is 79.9 cm³/mol. The molecular weight excluding hydrogens is 254 g/mol. The van der Waals surface area contributed by atoms with E-state index in [2.05, 4.69) is 24.1 Å². The van der Waals surface area contributed by atoms with Crippen molar-refractivity contribution in [3.8, 4) is 0 Å². The highest BCUT2D eigenvalue weighted by atomic mass is 16.5. The van der Waals surface area contributed by atoms with E-state index in [4.69, 9.17) is 4.74 Å². The van der Waals surface area contributed by atoms with E-state index in [1.165, 1.54) is 0 Å². The molecule has 2 amide bonds. The minimum Gasteiger partial charge on any atom is -0.376 e. The van der Waals surface area contributed by atoms with Crippen molar-refractivity contribution in [3.63, 3.8) is 0 Å². The smallest absolute Gasteiger partial charge is 0.317 e. The fourth-order valence-corrected chi connectivity index (χ4v) is 3.29. The van der Waals surface area contributed by atoms with E-state index in [0.29, 0.717) is 12.6 Å². The molecule has 0 aromatic carbocycles. The number of likely N-dealkylation sites (tertiary alicyclic amines) is 1. The number of ether oxygens (including phenoxy) is 1. The second-order valence-corrected chi connectivity index (χ2v) is 5.76. The van der Waals surface area contributed by atoms with Gasteiger partial charge in [-0.05, 0) is 38.8 Å². The van der Waals surface area contributed by atoms with Crippen LogP contribution < -0.4 is 5.32 Å². The van der Waals surface area contributed by atoms with E-state index in [0.717, 1.165) is 58.5 Å². The Morgan fingerprint density at radius 2 is 1.95 bits per heavy atom. The molecule has 2 rings (SSSR count). The molecule has 2 aliphatic heterocycles. The average Bonchev–Trinajstić information content (AvgIpc) is 3.00. The number of rotatable bonds is 5. The summed E-state index contributed by atoms with van der Waals surface area (Å²) in [5.74, 6) is 0. The number of carbonyl (C=O) groups is 1. The highest BCUT2D eigenvalue weighted by Gasteiger charge is 2.26. The first-order chi connectivity index (χ1) is 9.74. The molecule has 5 heteroatoms. The van der Waals surface area contributed by atoms with E-state index >= 15 is 0 Å². The van der Waals surface area contributed by atoms with Crippen LogP contribution in [0.2, 0.25) is 0 Å². The number of carbonyl (C=O) groups excluding carboxylic acids is 1. The van der Waals surface area contributed by atoms with Crippen LogP contribution in [0.15, 0.2) is 0 Å².